The van der Waals surface area contributed by atoms with Crippen LogP contribution >= 0.6 is 0 Å². The summed E-state index contributed by atoms with van der Waals surface area (Å²) in [5.41, 5.74) is 0. The van der Waals surface area contributed by atoms with Crippen molar-refractivity contribution < 1.29 is 24.2 Å². The van der Waals surface area contributed by atoms with E-state index in [1.165, 1.54) is 173 Å². The van der Waals surface area contributed by atoms with Gasteiger partial charge in [0, 0.05) is 12.8 Å². The first-order valence-electron chi connectivity index (χ1n) is 26.2. The van der Waals surface area contributed by atoms with Crippen molar-refractivity contribution in [3.63, 3.8) is 0 Å². The number of carbonyl (C=O) groups is 2. The molecule has 0 heterocycles. The van der Waals surface area contributed by atoms with Crippen LogP contribution in [-0.2, 0) is 19.1 Å². The number of ether oxygens (including phenoxy) is 2. The van der Waals surface area contributed by atoms with Crippen LogP contribution in [-0.4, -0.2) is 36.4 Å². The predicted molar refractivity (Wildman–Crippen MR) is 261 cm³/mol. The fourth-order valence-corrected chi connectivity index (χ4v) is 7.73. The Morgan fingerprint density at radius 3 is 1.08 bits per heavy atom. The van der Waals surface area contributed by atoms with Gasteiger partial charge in [-0.25, -0.2) is 0 Å². The molecule has 5 nitrogen and oxygen atoms in total. The molecule has 0 aliphatic rings. The quantitative estimate of drug-likeness (QED) is 0.0375. The number of hydrogen-bond acceptors (Lipinski definition) is 5. The summed E-state index contributed by atoms with van der Waals surface area (Å²) >= 11 is 0. The molecule has 0 rings (SSSR count). The summed E-state index contributed by atoms with van der Waals surface area (Å²) in [6.45, 7) is 4.05. The number of aliphatic hydroxyl groups excluding tert-OH is 1. The van der Waals surface area contributed by atoms with Crippen molar-refractivity contribution in [1.29, 1.82) is 0 Å². The van der Waals surface area contributed by atoms with Gasteiger partial charge < -0.3 is 14.6 Å². The highest BCUT2D eigenvalue weighted by Crippen LogP contribution is 2.17. The normalized spacial score (nSPS) is 12.5. The minimum absolute atomic E-state index is 0.0696. The van der Waals surface area contributed by atoms with Gasteiger partial charge in [-0.3, -0.25) is 9.59 Å². The lowest BCUT2D eigenvalue weighted by molar-refractivity contribution is -0.161. The van der Waals surface area contributed by atoms with Gasteiger partial charge in [-0.1, -0.05) is 255 Å². The lowest BCUT2D eigenvalue weighted by Gasteiger charge is -2.15. The lowest BCUT2D eigenvalue weighted by atomic mass is 10.0. The van der Waals surface area contributed by atoms with Gasteiger partial charge in [-0.2, -0.15) is 0 Å². The van der Waals surface area contributed by atoms with Crippen molar-refractivity contribution in [2.24, 2.45) is 0 Å². The maximum Gasteiger partial charge on any atom is 0.306 e. The number of carbonyl (C=O) groups excluding carboxylic acids is 2. The third-order valence-electron chi connectivity index (χ3n) is 11.6. The van der Waals surface area contributed by atoms with E-state index in [0.29, 0.717) is 12.8 Å². The highest BCUT2D eigenvalue weighted by atomic mass is 16.6. The Balaban J connectivity index is 3.46. The average Bonchev–Trinajstić information content (AvgIpc) is 3.25. The molecule has 0 saturated carbocycles. The number of rotatable bonds is 48. The van der Waals surface area contributed by atoms with Crippen LogP contribution in [0.2, 0.25) is 0 Å². The number of esters is 2. The van der Waals surface area contributed by atoms with Crippen molar-refractivity contribution in [1.82, 2.24) is 0 Å². The zero-order chi connectivity index (χ0) is 43.5. The molecule has 0 aliphatic heterocycles. The maximum absolute atomic E-state index is 12.3. The number of hydrogen-bond donors (Lipinski definition) is 1. The van der Waals surface area contributed by atoms with Crippen LogP contribution in [0.1, 0.15) is 271 Å². The second-order valence-electron chi connectivity index (χ2n) is 17.6. The zero-order valence-corrected chi connectivity index (χ0v) is 40.0. The Labute approximate surface area is 373 Å². The molecule has 0 spiro atoms. The first kappa shape index (κ1) is 57.9. The molecule has 0 fully saturated rings. The predicted octanol–water partition coefficient (Wildman–Crippen LogP) is 17.3. The molecule has 350 valence electrons. The largest absolute Gasteiger partial charge is 0.462 e. The monoisotopic (exact) mass is 841 g/mol. The highest BCUT2D eigenvalue weighted by Gasteiger charge is 2.16. The van der Waals surface area contributed by atoms with E-state index in [2.05, 4.69) is 62.5 Å². The molecule has 1 unspecified atom stereocenters. The Morgan fingerprint density at radius 1 is 0.400 bits per heavy atom. The van der Waals surface area contributed by atoms with Crippen LogP contribution in [0.5, 0.6) is 0 Å². The minimum atomic E-state index is -0.779. The molecule has 5 heteroatoms. The van der Waals surface area contributed by atoms with Gasteiger partial charge in [0.25, 0.3) is 0 Å². The summed E-state index contributed by atoms with van der Waals surface area (Å²) in [6.07, 6.45) is 66.5. The van der Waals surface area contributed by atoms with E-state index in [0.717, 1.165) is 70.6 Å². The van der Waals surface area contributed by atoms with E-state index in [1.54, 1.807) is 0 Å². The third kappa shape index (κ3) is 48.5. The molecule has 60 heavy (non-hydrogen) atoms. The van der Waals surface area contributed by atoms with Crippen LogP contribution in [0.25, 0.3) is 0 Å². The second-order valence-corrected chi connectivity index (χ2v) is 17.6. The summed E-state index contributed by atoms with van der Waals surface area (Å²) in [5.74, 6) is -0.596. The van der Waals surface area contributed by atoms with Crippen LogP contribution in [0.15, 0.2) is 48.6 Å². The summed E-state index contributed by atoms with van der Waals surface area (Å²) in [7, 11) is 0. The van der Waals surface area contributed by atoms with Crippen molar-refractivity contribution in [2.45, 2.75) is 277 Å². The van der Waals surface area contributed by atoms with E-state index < -0.39 is 6.10 Å². The molecule has 0 bridgehead atoms. The topological polar surface area (TPSA) is 72.8 Å². The molecule has 0 aromatic carbocycles. The molecule has 1 N–H and O–H groups in total. The first-order valence-corrected chi connectivity index (χ1v) is 26.2. The van der Waals surface area contributed by atoms with Gasteiger partial charge in [-0.05, 0) is 51.4 Å². The zero-order valence-electron chi connectivity index (χ0n) is 40.0. The van der Waals surface area contributed by atoms with Crippen molar-refractivity contribution in [3.05, 3.63) is 48.6 Å². The van der Waals surface area contributed by atoms with Gasteiger partial charge in [0.1, 0.15) is 6.61 Å². The second kappa shape index (κ2) is 51.2. The molecule has 0 saturated heterocycles. The molecular weight excluding hydrogens is 741 g/mol. The summed E-state index contributed by atoms with van der Waals surface area (Å²) in [5, 5.41) is 9.62. The minimum Gasteiger partial charge on any atom is -0.462 e. The molecular formula is C55H100O5. The summed E-state index contributed by atoms with van der Waals surface area (Å²) < 4.78 is 10.7. The van der Waals surface area contributed by atoms with Gasteiger partial charge in [0.05, 0.1) is 6.61 Å². The van der Waals surface area contributed by atoms with Crippen LogP contribution in [0.4, 0.5) is 0 Å². The number of unbranched alkanes of at least 4 members (excludes halogenated alkanes) is 32. The Morgan fingerprint density at radius 2 is 0.717 bits per heavy atom. The van der Waals surface area contributed by atoms with Crippen molar-refractivity contribution in [2.75, 3.05) is 13.2 Å². The van der Waals surface area contributed by atoms with E-state index in [9.17, 15) is 14.7 Å². The maximum atomic E-state index is 12.3. The Kier molecular flexibility index (Phi) is 49.4. The molecule has 0 aliphatic carbocycles. The van der Waals surface area contributed by atoms with E-state index in [4.69, 9.17) is 9.47 Å². The van der Waals surface area contributed by atoms with E-state index in [1.807, 2.05) is 0 Å². The van der Waals surface area contributed by atoms with Gasteiger partial charge >= 0.3 is 11.9 Å². The molecule has 0 radical (unpaired) electrons. The standard InChI is InChI=1S/C55H100O5/c1-3-5-7-9-11-13-15-17-19-21-23-24-25-26-27-28-29-30-32-33-35-37-39-41-43-45-47-49-54(57)59-52-53(51-56)60-55(58)50-48-46-44-42-40-38-36-34-31-22-20-18-16-14-12-10-8-6-4-2/h6,8,12,14,18,20,31,34,53,56H,3-5,7,9-11,13,15-17,19,21-30,32-33,35-52H2,1-2H3/b8-6-,14-12-,20-18-,34-31-. The molecule has 0 aromatic rings. The number of allylic oxidation sites excluding steroid dienone is 8. The van der Waals surface area contributed by atoms with Crippen molar-refractivity contribution >= 4 is 11.9 Å². The van der Waals surface area contributed by atoms with Gasteiger partial charge in [-0.15, -0.1) is 0 Å². The fourth-order valence-electron chi connectivity index (χ4n) is 7.73. The lowest BCUT2D eigenvalue weighted by Crippen LogP contribution is -2.28. The van der Waals surface area contributed by atoms with E-state index >= 15 is 0 Å². The van der Waals surface area contributed by atoms with Crippen LogP contribution in [0.3, 0.4) is 0 Å². The summed E-state index contributed by atoms with van der Waals surface area (Å²) in [4.78, 5) is 24.4. The van der Waals surface area contributed by atoms with Crippen LogP contribution < -0.4 is 0 Å². The third-order valence-corrected chi connectivity index (χ3v) is 11.6. The SMILES string of the molecule is CC/C=C\C/C=C\C/C=C\C/C=C\CCCCCCCCC(=O)OC(CO)COC(=O)CCCCCCCCCCCCCCCCCCCCCCCCCCCCC. The van der Waals surface area contributed by atoms with Gasteiger partial charge in [0.15, 0.2) is 6.10 Å². The summed E-state index contributed by atoms with van der Waals surface area (Å²) in [6, 6.07) is 0. The molecule has 0 amide bonds. The fraction of sp³-hybridized carbons (Fsp3) is 0.818. The van der Waals surface area contributed by atoms with Crippen LogP contribution in [0, 0.1) is 0 Å². The van der Waals surface area contributed by atoms with Gasteiger partial charge in [0.2, 0.25) is 0 Å². The Hall–Kier alpha value is -2.14. The van der Waals surface area contributed by atoms with E-state index in [-0.39, 0.29) is 25.2 Å². The molecule has 1 atom stereocenters. The number of aliphatic hydroxyl groups is 1. The highest BCUT2D eigenvalue weighted by molar-refractivity contribution is 5.70. The average molecular weight is 841 g/mol. The Bertz CT molecular complexity index is 997. The first-order chi connectivity index (χ1) is 29.6. The molecule has 0 aromatic heterocycles. The smallest absolute Gasteiger partial charge is 0.306 e. The van der Waals surface area contributed by atoms with Crippen molar-refractivity contribution in [3.8, 4) is 0 Å².